The Labute approximate surface area is 163 Å². The predicted molar refractivity (Wildman–Crippen MR) is 104 cm³/mol. The van der Waals surface area contributed by atoms with Crippen molar-refractivity contribution in [3.8, 4) is 0 Å². The van der Waals surface area contributed by atoms with Crippen LogP contribution in [0.15, 0.2) is 0 Å². The molecule has 4 rings (SSSR count). The van der Waals surface area contributed by atoms with Crippen molar-refractivity contribution in [1.29, 1.82) is 0 Å². The first-order chi connectivity index (χ1) is 12.7. The second-order valence-corrected chi connectivity index (χ2v) is 11.0. The van der Waals surface area contributed by atoms with Crippen LogP contribution in [0.5, 0.6) is 0 Å². The minimum atomic E-state index is -0.683. The SMILES string of the molecule is C[C@H](CC(=O)O)C1CCC2[C@H]3C(CC[C@@]21C)[C@@]1(C)CC[C@@H](O)C[C@H]1C[C@H]3O. The molecular formula is C23H38O4. The summed E-state index contributed by atoms with van der Waals surface area (Å²) in [6.45, 7) is 6.96. The molecule has 4 saturated carbocycles. The zero-order valence-electron chi connectivity index (χ0n) is 17.2. The first-order valence-corrected chi connectivity index (χ1v) is 11.2. The Morgan fingerprint density at radius 3 is 2.37 bits per heavy atom. The molecule has 10 atom stereocenters. The first-order valence-electron chi connectivity index (χ1n) is 11.2. The van der Waals surface area contributed by atoms with Crippen LogP contribution in [0.2, 0.25) is 0 Å². The zero-order valence-corrected chi connectivity index (χ0v) is 17.2. The molecule has 4 fully saturated rings. The zero-order chi connectivity index (χ0) is 19.6. The van der Waals surface area contributed by atoms with Crippen molar-refractivity contribution in [2.24, 2.45) is 46.3 Å². The fraction of sp³-hybridized carbons (Fsp3) is 0.957. The molecule has 0 bridgehead atoms. The van der Waals surface area contributed by atoms with E-state index in [4.69, 9.17) is 0 Å². The lowest BCUT2D eigenvalue weighted by molar-refractivity contribution is -0.174. The van der Waals surface area contributed by atoms with Crippen LogP contribution in [-0.4, -0.2) is 33.5 Å². The fourth-order valence-electron chi connectivity index (χ4n) is 8.59. The van der Waals surface area contributed by atoms with Gasteiger partial charge in [0, 0.05) is 6.42 Å². The number of aliphatic hydroxyl groups excluding tert-OH is 2. The van der Waals surface area contributed by atoms with Gasteiger partial charge >= 0.3 is 5.97 Å². The van der Waals surface area contributed by atoms with Gasteiger partial charge in [-0.15, -0.1) is 0 Å². The van der Waals surface area contributed by atoms with E-state index in [0.717, 1.165) is 44.9 Å². The van der Waals surface area contributed by atoms with Crippen LogP contribution in [0, 0.1) is 46.3 Å². The Bertz CT molecular complexity index is 591. The van der Waals surface area contributed by atoms with Gasteiger partial charge in [0.25, 0.3) is 0 Å². The molecule has 0 heterocycles. The monoisotopic (exact) mass is 378 g/mol. The van der Waals surface area contributed by atoms with Crippen molar-refractivity contribution in [1.82, 2.24) is 0 Å². The van der Waals surface area contributed by atoms with Gasteiger partial charge < -0.3 is 15.3 Å². The number of carbonyl (C=O) groups is 1. The minimum absolute atomic E-state index is 0.175. The van der Waals surface area contributed by atoms with Crippen molar-refractivity contribution in [2.45, 2.75) is 90.8 Å². The molecule has 0 spiro atoms. The van der Waals surface area contributed by atoms with E-state index < -0.39 is 5.97 Å². The quantitative estimate of drug-likeness (QED) is 0.691. The third-order valence-electron chi connectivity index (χ3n) is 9.91. The summed E-state index contributed by atoms with van der Waals surface area (Å²) in [5, 5.41) is 30.7. The van der Waals surface area contributed by atoms with Gasteiger partial charge in [-0.05, 0) is 97.7 Å². The standard InChI is InChI=1S/C23H38O4/c1-13(10-20(26)27)16-4-5-17-21-18(7-9-23(16,17)3)22(2)8-6-15(24)11-14(22)12-19(21)25/h13-19,21,24-25H,4-12H2,1-3H3,(H,26,27)/t13-,14+,15-,16?,17?,18?,19-,21+,22+,23-/m1/s1. The molecule has 4 nitrogen and oxygen atoms in total. The van der Waals surface area contributed by atoms with Gasteiger partial charge in [0.1, 0.15) is 0 Å². The molecule has 0 aromatic heterocycles. The summed E-state index contributed by atoms with van der Waals surface area (Å²) >= 11 is 0. The topological polar surface area (TPSA) is 77.8 Å². The lowest BCUT2D eigenvalue weighted by Gasteiger charge is -2.62. The van der Waals surface area contributed by atoms with Gasteiger partial charge in [0.15, 0.2) is 0 Å². The number of hydrogen-bond donors (Lipinski definition) is 3. The second-order valence-electron chi connectivity index (χ2n) is 11.0. The summed E-state index contributed by atoms with van der Waals surface area (Å²) in [6, 6.07) is 0. The second kappa shape index (κ2) is 6.73. The number of carboxylic acid groups (broad SMARTS) is 1. The van der Waals surface area contributed by atoms with Crippen LogP contribution in [0.1, 0.15) is 78.6 Å². The van der Waals surface area contributed by atoms with E-state index >= 15 is 0 Å². The van der Waals surface area contributed by atoms with E-state index in [0.29, 0.717) is 29.6 Å². The highest BCUT2D eigenvalue weighted by Crippen LogP contribution is 2.68. The number of aliphatic carboxylic acids is 1. The highest BCUT2D eigenvalue weighted by Gasteiger charge is 2.62. The van der Waals surface area contributed by atoms with Crippen LogP contribution in [0.25, 0.3) is 0 Å². The molecule has 0 saturated heterocycles. The van der Waals surface area contributed by atoms with Crippen LogP contribution in [-0.2, 0) is 4.79 Å². The highest BCUT2D eigenvalue weighted by molar-refractivity contribution is 5.67. The highest BCUT2D eigenvalue weighted by atomic mass is 16.4. The normalized spacial score (nSPS) is 53.1. The van der Waals surface area contributed by atoms with Gasteiger partial charge in [-0.1, -0.05) is 20.8 Å². The predicted octanol–water partition coefficient (Wildman–Crippen LogP) is 4.09. The largest absolute Gasteiger partial charge is 0.481 e. The molecule has 0 aromatic rings. The molecule has 154 valence electrons. The van der Waals surface area contributed by atoms with Gasteiger partial charge in [-0.2, -0.15) is 0 Å². The van der Waals surface area contributed by atoms with E-state index in [9.17, 15) is 20.1 Å². The molecular weight excluding hydrogens is 340 g/mol. The maximum atomic E-state index is 11.3. The maximum absolute atomic E-state index is 11.3. The summed E-state index contributed by atoms with van der Waals surface area (Å²) in [7, 11) is 0. The maximum Gasteiger partial charge on any atom is 0.303 e. The molecule has 4 aliphatic carbocycles. The smallest absolute Gasteiger partial charge is 0.303 e. The van der Waals surface area contributed by atoms with Crippen LogP contribution < -0.4 is 0 Å². The molecule has 0 aliphatic heterocycles. The lowest BCUT2D eigenvalue weighted by Crippen LogP contribution is -2.58. The number of fused-ring (bicyclic) bond motifs is 5. The average Bonchev–Trinajstić information content (AvgIpc) is 2.93. The average molecular weight is 379 g/mol. The van der Waals surface area contributed by atoms with Crippen LogP contribution in [0.4, 0.5) is 0 Å². The third kappa shape index (κ3) is 2.97. The molecule has 4 aliphatic rings. The summed E-state index contributed by atoms with van der Waals surface area (Å²) < 4.78 is 0. The van der Waals surface area contributed by atoms with Crippen molar-refractivity contribution in [3.05, 3.63) is 0 Å². The van der Waals surface area contributed by atoms with Gasteiger partial charge in [-0.3, -0.25) is 4.79 Å². The summed E-state index contributed by atoms with van der Waals surface area (Å²) in [6.07, 6.45) is 8.12. The van der Waals surface area contributed by atoms with Gasteiger partial charge in [0.2, 0.25) is 0 Å². The van der Waals surface area contributed by atoms with Gasteiger partial charge in [0.05, 0.1) is 12.2 Å². The molecule has 27 heavy (non-hydrogen) atoms. The van der Waals surface area contributed by atoms with Crippen LogP contribution in [0.3, 0.4) is 0 Å². The Morgan fingerprint density at radius 2 is 1.67 bits per heavy atom. The molecule has 4 heteroatoms. The fourth-order valence-corrected chi connectivity index (χ4v) is 8.59. The Balaban J connectivity index is 1.60. The molecule has 0 radical (unpaired) electrons. The Morgan fingerprint density at radius 1 is 1.00 bits per heavy atom. The van der Waals surface area contributed by atoms with Crippen molar-refractivity contribution < 1.29 is 20.1 Å². The van der Waals surface area contributed by atoms with Crippen molar-refractivity contribution in [2.75, 3.05) is 0 Å². The molecule has 0 aromatic carbocycles. The van der Waals surface area contributed by atoms with E-state index in [2.05, 4.69) is 20.8 Å². The van der Waals surface area contributed by atoms with Crippen molar-refractivity contribution >= 4 is 5.97 Å². The summed E-state index contributed by atoms with van der Waals surface area (Å²) in [5.41, 5.74) is 0.434. The van der Waals surface area contributed by atoms with Crippen LogP contribution >= 0.6 is 0 Å². The number of aliphatic hydroxyl groups is 2. The number of hydrogen-bond acceptors (Lipinski definition) is 3. The van der Waals surface area contributed by atoms with Crippen molar-refractivity contribution in [3.63, 3.8) is 0 Å². The molecule has 0 amide bonds. The number of carboxylic acids is 1. The van der Waals surface area contributed by atoms with E-state index in [-0.39, 0.29) is 35.4 Å². The van der Waals surface area contributed by atoms with E-state index in [1.165, 1.54) is 6.42 Å². The molecule has 3 N–H and O–H groups in total. The lowest BCUT2D eigenvalue weighted by atomic mass is 9.43. The first kappa shape index (κ1) is 19.7. The van der Waals surface area contributed by atoms with E-state index in [1.807, 2.05) is 0 Å². The number of rotatable bonds is 3. The Hall–Kier alpha value is -0.610. The Kier molecular flexibility index (Phi) is 4.91. The van der Waals surface area contributed by atoms with E-state index in [1.54, 1.807) is 0 Å². The van der Waals surface area contributed by atoms with Gasteiger partial charge in [-0.25, -0.2) is 0 Å². The minimum Gasteiger partial charge on any atom is -0.481 e. The summed E-state index contributed by atoms with van der Waals surface area (Å²) in [5.74, 6) is 1.89. The molecule has 3 unspecified atom stereocenters. The third-order valence-corrected chi connectivity index (χ3v) is 9.91. The summed E-state index contributed by atoms with van der Waals surface area (Å²) in [4.78, 5) is 11.3.